The molecule has 0 spiro atoms. The lowest BCUT2D eigenvalue weighted by molar-refractivity contribution is -0.385. The van der Waals surface area contributed by atoms with Gasteiger partial charge in [-0.05, 0) is 31.4 Å². The number of amides is 1. The van der Waals surface area contributed by atoms with Gasteiger partial charge in [-0.25, -0.2) is 0 Å². The van der Waals surface area contributed by atoms with Gasteiger partial charge in [0.05, 0.1) is 9.83 Å². The van der Waals surface area contributed by atoms with Gasteiger partial charge in [-0.3, -0.25) is 24.6 Å². The Bertz CT molecular complexity index is 791. The highest BCUT2D eigenvalue weighted by atomic mass is 32.2. The molecule has 26 heavy (non-hydrogen) atoms. The molecule has 0 bridgehead atoms. The van der Waals surface area contributed by atoms with Gasteiger partial charge in [-0.15, -0.1) is 0 Å². The van der Waals surface area contributed by atoms with Crippen molar-refractivity contribution in [1.82, 2.24) is 4.90 Å². The fraction of sp³-hybridized carbons (Fsp3) is 0.353. The van der Waals surface area contributed by atoms with E-state index in [-0.39, 0.29) is 18.0 Å². The van der Waals surface area contributed by atoms with E-state index in [1.807, 2.05) is 0 Å². The van der Waals surface area contributed by atoms with Gasteiger partial charge in [0.15, 0.2) is 0 Å². The molecule has 7 nitrogen and oxygen atoms in total. The summed E-state index contributed by atoms with van der Waals surface area (Å²) in [6.07, 6.45) is 3.66. The summed E-state index contributed by atoms with van der Waals surface area (Å²) in [4.78, 5) is 35.5. The number of nitro groups is 1. The highest BCUT2D eigenvalue weighted by molar-refractivity contribution is 8.26. The number of carboxylic acids is 1. The minimum atomic E-state index is -0.828. The molecule has 1 aliphatic rings. The zero-order valence-electron chi connectivity index (χ0n) is 14.1. The Kier molecular flexibility index (Phi) is 6.87. The fourth-order valence-electron chi connectivity index (χ4n) is 2.48. The summed E-state index contributed by atoms with van der Waals surface area (Å²) in [5, 5.41) is 19.7. The van der Waals surface area contributed by atoms with Gasteiger partial charge >= 0.3 is 5.97 Å². The Morgan fingerprint density at radius 3 is 2.77 bits per heavy atom. The third kappa shape index (κ3) is 5.12. The molecule has 0 unspecified atom stereocenters. The first-order chi connectivity index (χ1) is 12.3. The van der Waals surface area contributed by atoms with Gasteiger partial charge in [0.1, 0.15) is 4.32 Å². The first-order valence-corrected chi connectivity index (χ1v) is 9.24. The van der Waals surface area contributed by atoms with E-state index in [2.05, 4.69) is 0 Å². The van der Waals surface area contributed by atoms with E-state index >= 15 is 0 Å². The Morgan fingerprint density at radius 2 is 2.12 bits per heavy atom. The second kappa shape index (κ2) is 8.91. The maximum atomic E-state index is 12.5. The predicted octanol–water partition coefficient (Wildman–Crippen LogP) is 3.75. The van der Waals surface area contributed by atoms with Crippen molar-refractivity contribution in [3.63, 3.8) is 0 Å². The Morgan fingerprint density at radius 1 is 1.38 bits per heavy atom. The standard InChI is InChI=1S/C17H18N2O5S2/c1-11-6-7-12(9-13(11)19(23)24)10-14-16(22)18(17(25)26-14)8-4-2-3-5-15(20)21/h6-7,9-10H,2-5,8H2,1H3,(H,20,21)/b14-10-. The van der Waals surface area contributed by atoms with Crippen molar-refractivity contribution in [3.8, 4) is 0 Å². The second-order valence-corrected chi connectivity index (χ2v) is 7.52. The van der Waals surface area contributed by atoms with Crippen molar-refractivity contribution >= 4 is 51.9 Å². The van der Waals surface area contributed by atoms with Crippen molar-refractivity contribution in [2.24, 2.45) is 0 Å². The summed E-state index contributed by atoms with van der Waals surface area (Å²) >= 11 is 6.41. The van der Waals surface area contributed by atoms with Crippen LogP contribution in [0.5, 0.6) is 0 Å². The molecule has 138 valence electrons. The molecular formula is C17H18N2O5S2. The molecule has 1 aromatic carbocycles. The average molecular weight is 394 g/mol. The predicted molar refractivity (Wildman–Crippen MR) is 104 cm³/mol. The molecule has 1 fully saturated rings. The van der Waals surface area contributed by atoms with Gasteiger partial charge < -0.3 is 5.11 Å². The smallest absolute Gasteiger partial charge is 0.303 e. The van der Waals surface area contributed by atoms with E-state index in [0.717, 1.165) is 0 Å². The Balaban J connectivity index is 2.03. The number of carbonyl (C=O) groups is 2. The summed E-state index contributed by atoms with van der Waals surface area (Å²) in [7, 11) is 0. The fourth-order valence-corrected chi connectivity index (χ4v) is 3.79. The van der Waals surface area contributed by atoms with Gasteiger partial charge in [0.2, 0.25) is 0 Å². The summed E-state index contributed by atoms with van der Waals surface area (Å²) in [6.45, 7) is 2.10. The van der Waals surface area contributed by atoms with Crippen molar-refractivity contribution in [2.75, 3.05) is 6.54 Å². The van der Waals surface area contributed by atoms with Crippen molar-refractivity contribution in [3.05, 3.63) is 44.3 Å². The molecule has 0 aromatic heterocycles. The van der Waals surface area contributed by atoms with Crippen molar-refractivity contribution in [1.29, 1.82) is 0 Å². The molecule has 0 atom stereocenters. The van der Waals surface area contributed by atoms with Crippen LogP contribution in [0.1, 0.15) is 36.8 Å². The summed E-state index contributed by atoms with van der Waals surface area (Å²) in [5.74, 6) is -1.05. The molecule has 1 N–H and O–H groups in total. The lowest BCUT2D eigenvalue weighted by Crippen LogP contribution is -2.29. The number of aryl methyl sites for hydroxylation is 1. The third-order valence-corrected chi connectivity index (χ3v) is 5.25. The minimum absolute atomic E-state index is 0.00709. The summed E-state index contributed by atoms with van der Waals surface area (Å²) < 4.78 is 0.445. The molecule has 0 aliphatic carbocycles. The number of carbonyl (C=O) groups excluding carboxylic acids is 1. The van der Waals surface area contributed by atoms with Crippen molar-refractivity contribution < 1.29 is 19.6 Å². The maximum absolute atomic E-state index is 12.5. The van der Waals surface area contributed by atoms with Crippen LogP contribution < -0.4 is 0 Å². The van der Waals surface area contributed by atoms with Gasteiger partial charge in [0.25, 0.3) is 11.6 Å². The largest absolute Gasteiger partial charge is 0.481 e. The molecule has 1 amide bonds. The minimum Gasteiger partial charge on any atom is -0.481 e. The molecule has 1 heterocycles. The number of hydrogen-bond donors (Lipinski definition) is 1. The molecular weight excluding hydrogens is 376 g/mol. The van der Waals surface area contributed by atoms with E-state index < -0.39 is 10.9 Å². The number of nitro benzene ring substituents is 1. The maximum Gasteiger partial charge on any atom is 0.303 e. The Labute approximate surface area is 160 Å². The number of thioether (sulfide) groups is 1. The van der Waals surface area contributed by atoms with E-state index in [9.17, 15) is 19.7 Å². The summed E-state index contributed by atoms with van der Waals surface area (Å²) in [5.41, 5.74) is 1.14. The van der Waals surface area contributed by atoms with E-state index in [4.69, 9.17) is 17.3 Å². The molecule has 1 saturated heterocycles. The zero-order chi connectivity index (χ0) is 19.3. The number of benzene rings is 1. The number of nitrogens with zero attached hydrogens (tertiary/aromatic N) is 2. The van der Waals surface area contributed by atoms with Crippen LogP contribution in [-0.2, 0) is 9.59 Å². The molecule has 1 aromatic rings. The summed E-state index contributed by atoms with van der Waals surface area (Å²) in [6, 6.07) is 4.81. The first kappa shape index (κ1) is 20.1. The van der Waals surface area contributed by atoms with Crippen molar-refractivity contribution in [2.45, 2.75) is 32.6 Å². The molecule has 0 radical (unpaired) electrons. The third-order valence-electron chi connectivity index (χ3n) is 3.87. The SMILES string of the molecule is Cc1ccc(/C=C2\SC(=S)N(CCCCCC(=O)O)C2=O)cc1[N+](=O)[O-]. The van der Waals surface area contributed by atoms with Crippen LogP contribution >= 0.6 is 24.0 Å². The molecule has 9 heteroatoms. The lowest BCUT2D eigenvalue weighted by atomic mass is 10.1. The van der Waals surface area contributed by atoms with Crippen LogP contribution in [0.2, 0.25) is 0 Å². The number of carboxylic acid groups (broad SMARTS) is 1. The molecule has 2 rings (SSSR count). The van der Waals surface area contributed by atoms with Crippen LogP contribution in [0.15, 0.2) is 23.1 Å². The first-order valence-electron chi connectivity index (χ1n) is 8.02. The topological polar surface area (TPSA) is 101 Å². The van der Waals surface area contributed by atoms with E-state index in [1.54, 1.807) is 25.1 Å². The monoisotopic (exact) mass is 394 g/mol. The molecule has 0 saturated carbocycles. The van der Waals surface area contributed by atoms with Crippen LogP contribution in [0.4, 0.5) is 5.69 Å². The highest BCUT2D eigenvalue weighted by Gasteiger charge is 2.31. The lowest BCUT2D eigenvalue weighted by Gasteiger charge is -2.13. The highest BCUT2D eigenvalue weighted by Crippen LogP contribution is 2.33. The number of unbranched alkanes of at least 4 members (excludes halogenated alkanes) is 2. The van der Waals surface area contributed by atoms with Gasteiger partial charge in [-0.1, -0.05) is 42.5 Å². The zero-order valence-corrected chi connectivity index (χ0v) is 15.8. The van der Waals surface area contributed by atoms with E-state index in [0.29, 0.717) is 46.2 Å². The van der Waals surface area contributed by atoms with Crippen LogP contribution in [-0.4, -0.2) is 37.7 Å². The van der Waals surface area contributed by atoms with Gasteiger partial charge in [-0.2, -0.15) is 0 Å². The average Bonchev–Trinajstić information content (AvgIpc) is 2.83. The van der Waals surface area contributed by atoms with Gasteiger partial charge in [0, 0.05) is 24.6 Å². The van der Waals surface area contributed by atoms with Crippen LogP contribution in [0.25, 0.3) is 6.08 Å². The Hall–Kier alpha value is -2.26. The van der Waals surface area contributed by atoms with E-state index in [1.165, 1.54) is 22.7 Å². The van der Waals surface area contributed by atoms with Crippen LogP contribution in [0, 0.1) is 17.0 Å². The molecule has 1 aliphatic heterocycles. The second-order valence-electron chi connectivity index (χ2n) is 5.84. The number of thiocarbonyl (C=S) groups is 1. The number of hydrogen-bond acceptors (Lipinski definition) is 6. The van der Waals surface area contributed by atoms with Crippen LogP contribution in [0.3, 0.4) is 0 Å². The normalized spacial score (nSPS) is 15.7. The quantitative estimate of drug-likeness (QED) is 0.236. The number of aliphatic carboxylic acids is 1. The number of rotatable bonds is 8.